The monoisotopic (exact) mass is 517 g/mol. The minimum absolute atomic E-state index is 0.0238. The zero-order chi connectivity index (χ0) is 27.1. The number of para-hydroxylation sites is 1. The maximum Gasteiger partial charge on any atom is 0.416 e. The van der Waals surface area contributed by atoms with Crippen molar-refractivity contribution in [3.8, 4) is 0 Å². The molecule has 13 heteroatoms. The minimum atomic E-state index is -4.66. The molecule has 1 unspecified atom stereocenters. The topological polar surface area (TPSA) is 123 Å². The van der Waals surface area contributed by atoms with Crippen LogP contribution < -0.4 is 16.1 Å². The summed E-state index contributed by atoms with van der Waals surface area (Å²) in [5, 5.41) is 20.6. The van der Waals surface area contributed by atoms with Crippen LogP contribution >= 0.6 is 0 Å². The Kier molecular flexibility index (Phi) is 6.65. The van der Waals surface area contributed by atoms with Crippen molar-refractivity contribution in [3.05, 3.63) is 86.8 Å². The van der Waals surface area contributed by atoms with E-state index in [0.717, 1.165) is 27.3 Å². The van der Waals surface area contributed by atoms with E-state index in [2.05, 4.69) is 4.98 Å². The second kappa shape index (κ2) is 9.58. The summed E-state index contributed by atoms with van der Waals surface area (Å²) >= 11 is 0. The van der Waals surface area contributed by atoms with Crippen LogP contribution in [0.5, 0.6) is 0 Å². The van der Waals surface area contributed by atoms with Gasteiger partial charge in [0.05, 0.1) is 42.3 Å². The molecule has 4 aromatic rings. The quantitative estimate of drug-likeness (QED) is 0.386. The van der Waals surface area contributed by atoms with Gasteiger partial charge in [0.15, 0.2) is 11.2 Å². The Morgan fingerprint density at radius 2 is 1.81 bits per heavy atom. The van der Waals surface area contributed by atoms with Gasteiger partial charge in [-0.2, -0.15) is 13.2 Å². The van der Waals surface area contributed by atoms with Gasteiger partial charge in [0.25, 0.3) is 5.56 Å². The molecule has 0 saturated carbocycles. The lowest BCUT2D eigenvalue weighted by Gasteiger charge is -2.29. The average Bonchev–Trinajstić information content (AvgIpc) is 3.25. The third kappa shape index (κ3) is 4.85. The molecule has 4 rings (SSSR count). The van der Waals surface area contributed by atoms with Crippen molar-refractivity contribution in [2.75, 3.05) is 11.4 Å². The van der Waals surface area contributed by atoms with Gasteiger partial charge in [0.1, 0.15) is 0 Å². The Balaban J connectivity index is 1.78. The number of carboxylic acids is 1. The van der Waals surface area contributed by atoms with Crippen LogP contribution in [-0.4, -0.2) is 47.5 Å². The molecule has 37 heavy (non-hydrogen) atoms. The first-order valence-electron chi connectivity index (χ1n) is 11.0. The highest BCUT2D eigenvalue weighted by atomic mass is 19.4. The number of alkyl halides is 3. The van der Waals surface area contributed by atoms with Crippen molar-refractivity contribution in [3.63, 3.8) is 0 Å². The predicted octanol–water partition coefficient (Wildman–Crippen LogP) is 2.35. The Hall–Kier alpha value is -4.39. The van der Waals surface area contributed by atoms with E-state index < -0.39 is 48.2 Å². The van der Waals surface area contributed by atoms with Crippen LogP contribution in [0.25, 0.3) is 11.2 Å². The van der Waals surface area contributed by atoms with Crippen LogP contribution in [-0.2, 0) is 26.8 Å². The highest BCUT2D eigenvalue weighted by molar-refractivity contribution is 5.95. The zero-order valence-corrected chi connectivity index (χ0v) is 19.7. The number of imidazole rings is 1. The van der Waals surface area contributed by atoms with Gasteiger partial charge in [-0.15, -0.1) is 0 Å². The number of hydrogen-bond donors (Lipinski definition) is 2. The number of anilines is 2. The fraction of sp³-hybridized carbons (Fsp3) is 0.250. The lowest BCUT2D eigenvalue weighted by Crippen LogP contribution is -2.44. The van der Waals surface area contributed by atoms with Gasteiger partial charge in [0.2, 0.25) is 0 Å². The summed E-state index contributed by atoms with van der Waals surface area (Å²) in [5.74, 6) is -1.33. The van der Waals surface area contributed by atoms with E-state index in [4.69, 9.17) is 0 Å². The molecule has 0 amide bonds. The number of aliphatic hydroxyl groups excluding tert-OH is 1. The number of fused-ring (bicyclic) bond motifs is 1. The summed E-state index contributed by atoms with van der Waals surface area (Å²) in [6, 6.07) is 9.84. The summed E-state index contributed by atoms with van der Waals surface area (Å²) in [4.78, 5) is 42.9. The van der Waals surface area contributed by atoms with Crippen molar-refractivity contribution in [1.82, 2.24) is 18.7 Å². The Labute approximate surface area is 207 Å². The van der Waals surface area contributed by atoms with Crippen LogP contribution in [0, 0.1) is 0 Å². The minimum Gasteiger partial charge on any atom is -0.478 e. The molecule has 0 spiro atoms. The molecule has 2 N–H and O–H groups in total. The molecule has 2 heterocycles. The molecule has 0 radical (unpaired) electrons. The smallest absolute Gasteiger partial charge is 0.416 e. The molecule has 0 aliphatic heterocycles. The summed E-state index contributed by atoms with van der Waals surface area (Å²) in [6.45, 7) is -0.929. The maximum absolute atomic E-state index is 13.4. The lowest BCUT2D eigenvalue weighted by atomic mass is 10.1. The predicted molar refractivity (Wildman–Crippen MR) is 128 cm³/mol. The van der Waals surface area contributed by atoms with Crippen molar-refractivity contribution in [2.24, 2.45) is 14.1 Å². The number of rotatable bonds is 7. The molecule has 0 saturated heterocycles. The first kappa shape index (κ1) is 25.7. The largest absolute Gasteiger partial charge is 0.478 e. The molecule has 0 bridgehead atoms. The van der Waals surface area contributed by atoms with E-state index in [1.165, 1.54) is 53.2 Å². The van der Waals surface area contributed by atoms with Crippen LogP contribution in [0.15, 0.2) is 64.4 Å². The number of halogens is 3. The van der Waals surface area contributed by atoms with Crippen molar-refractivity contribution in [1.29, 1.82) is 0 Å². The molecular formula is C24H22F3N5O5. The molecule has 1 atom stereocenters. The molecule has 2 aromatic carbocycles. The van der Waals surface area contributed by atoms with E-state index >= 15 is 0 Å². The number of aliphatic hydroxyl groups is 1. The van der Waals surface area contributed by atoms with Crippen molar-refractivity contribution in [2.45, 2.75) is 18.8 Å². The second-order valence-corrected chi connectivity index (χ2v) is 8.42. The number of aromatic nitrogens is 4. The average molecular weight is 517 g/mol. The Morgan fingerprint density at radius 1 is 1.11 bits per heavy atom. The van der Waals surface area contributed by atoms with Gasteiger partial charge in [-0.25, -0.2) is 14.6 Å². The summed E-state index contributed by atoms with van der Waals surface area (Å²) < 4.78 is 43.6. The van der Waals surface area contributed by atoms with Gasteiger partial charge in [-0.1, -0.05) is 18.2 Å². The lowest BCUT2D eigenvalue weighted by molar-refractivity contribution is -0.137. The fourth-order valence-corrected chi connectivity index (χ4v) is 4.12. The second-order valence-electron chi connectivity index (χ2n) is 8.42. The van der Waals surface area contributed by atoms with Gasteiger partial charge >= 0.3 is 17.8 Å². The third-order valence-electron chi connectivity index (χ3n) is 5.90. The molecule has 0 aliphatic carbocycles. The standard InChI is InChI=1S/C24H22F3N5O5/c1-29-13-28-20-19(29)21(34)32(23(37)30(20)2)12-16(33)11-31(18-9-4-3-8-17(18)22(35)36)15-7-5-6-14(10-15)24(25,26)27/h3-10,13,16,33H,11-12H2,1-2H3,(H,35,36). The summed E-state index contributed by atoms with van der Waals surface area (Å²) in [6.07, 6.45) is -4.76. The Morgan fingerprint density at radius 3 is 2.49 bits per heavy atom. The van der Waals surface area contributed by atoms with E-state index in [0.29, 0.717) is 0 Å². The Bertz CT molecular complexity index is 1610. The van der Waals surface area contributed by atoms with Crippen LogP contribution in [0.1, 0.15) is 15.9 Å². The summed E-state index contributed by atoms with van der Waals surface area (Å²) in [5.41, 5.74) is -2.36. The van der Waals surface area contributed by atoms with Crippen LogP contribution in [0.3, 0.4) is 0 Å². The summed E-state index contributed by atoms with van der Waals surface area (Å²) in [7, 11) is 2.98. The third-order valence-corrected chi connectivity index (χ3v) is 5.90. The molecule has 2 aromatic heterocycles. The van der Waals surface area contributed by atoms with E-state index in [1.54, 1.807) is 7.05 Å². The molecule has 194 valence electrons. The van der Waals surface area contributed by atoms with E-state index in [-0.39, 0.29) is 28.1 Å². The van der Waals surface area contributed by atoms with E-state index in [1.807, 2.05) is 0 Å². The number of benzene rings is 2. The number of nitrogens with zero attached hydrogens (tertiary/aromatic N) is 5. The number of aromatic carboxylic acids is 1. The fourth-order valence-electron chi connectivity index (χ4n) is 4.12. The van der Waals surface area contributed by atoms with Crippen molar-refractivity contribution < 1.29 is 28.2 Å². The van der Waals surface area contributed by atoms with E-state index in [9.17, 15) is 37.8 Å². The van der Waals surface area contributed by atoms with Crippen LogP contribution in [0.2, 0.25) is 0 Å². The maximum atomic E-state index is 13.4. The molecular weight excluding hydrogens is 495 g/mol. The number of carboxylic acid groups (broad SMARTS) is 1. The SMILES string of the molecule is Cn1cnc2c1c(=O)n(CC(O)CN(c1cccc(C(F)(F)F)c1)c1ccccc1C(=O)O)c(=O)n2C. The molecule has 0 aliphatic rings. The first-order valence-corrected chi connectivity index (χ1v) is 11.0. The number of aryl methyl sites for hydroxylation is 2. The van der Waals surface area contributed by atoms with Gasteiger partial charge in [-0.3, -0.25) is 13.9 Å². The molecule has 10 nitrogen and oxygen atoms in total. The van der Waals surface area contributed by atoms with Gasteiger partial charge in [-0.05, 0) is 30.3 Å². The van der Waals surface area contributed by atoms with Crippen LogP contribution in [0.4, 0.5) is 24.5 Å². The normalized spacial score (nSPS) is 12.6. The van der Waals surface area contributed by atoms with Gasteiger partial charge in [0, 0.05) is 19.8 Å². The number of hydrogen-bond acceptors (Lipinski definition) is 6. The number of carbonyl (C=O) groups is 1. The molecule has 0 fully saturated rings. The highest BCUT2D eigenvalue weighted by Gasteiger charge is 2.31. The first-order chi connectivity index (χ1) is 17.4. The highest BCUT2D eigenvalue weighted by Crippen LogP contribution is 2.35. The zero-order valence-electron chi connectivity index (χ0n) is 19.7. The van der Waals surface area contributed by atoms with Crippen molar-refractivity contribution >= 4 is 28.5 Å². The van der Waals surface area contributed by atoms with Gasteiger partial charge < -0.3 is 19.7 Å².